The summed E-state index contributed by atoms with van der Waals surface area (Å²) < 4.78 is 11.4. The molecule has 1 unspecified atom stereocenters. The SMILES string of the molecule is Cl.O=C(CC1COCCN1)Nc1ccccc1OC1CCCC1. The van der Waals surface area contributed by atoms with Gasteiger partial charge in [-0.15, -0.1) is 12.4 Å². The molecule has 1 aromatic carbocycles. The number of hydrogen-bond donors (Lipinski definition) is 2. The number of rotatable bonds is 5. The summed E-state index contributed by atoms with van der Waals surface area (Å²) >= 11 is 0. The maximum Gasteiger partial charge on any atom is 0.226 e. The van der Waals surface area contributed by atoms with Crippen molar-refractivity contribution < 1.29 is 14.3 Å². The van der Waals surface area contributed by atoms with E-state index in [9.17, 15) is 4.79 Å². The zero-order valence-corrected chi connectivity index (χ0v) is 14.1. The molecular formula is C17H25ClN2O3. The minimum Gasteiger partial charge on any atom is -0.488 e. The van der Waals surface area contributed by atoms with Gasteiger partial charge in [-0.05, 0) is 37.8 Å². The predicted octanol–water partition coefficient (Wildman–Crippen LogP) is 2.75. The van der Waals surface area contributed by atoms with Crippen LogP contribution < -0.4 is 15.4 Å². The first kappa shape index (κ1) is 18.0. The van der Waals surface area contributed by atoms with Gasteiger partial charge in [0.15, 0.2) is 0 Å². The second kappa shape index (κ2) is 9.11. The van der Waals surface area contributed by atoms with Gasteiger partial charge in [0.05, 0.1) is 25.0 Å². The number of benzene rings is 1. The van der Waals surface area contributed by atoms with Crippen LogP contribution in [0.5, 0.6) is 5.75 Å². The number of ether oxygens (including phenoxy) is 2. The Morgan fingerprint density at radius 1 is 1.30 bits per heavy atom. The molecular weight excluding hydrogens is 316 g/mol. The third-order valence-electron chi connectivity index (χ3n) is 4.19. The van der Waals surface area contributed by atoms with Crippen LogP contribution in [-0.2, 0) is 9.53 Å². The van der Waals surface area contributed by atoms with Gasteiger partial charge in [-0.1, -0.05) is 12.1 Å². The molecule has 3 rings (SSSR count). The van der Waals surface area contributed by atoms with Gasteiger partial charge in [-0.25, -0.2) is 0 Å². The van der Waals surface area contributed by atoms with Crippen LogP contribution in [0.1, 0.15) is 32.1 Å². The third kappa shape index (κ3) is 5.37. The summed E-state index contributed by atoms with van der Waals surface area (Å²) in [4.78, 5) is 12.2. The molecule has 1 amide bonds. The summed E-state index contributed by atoms with van der Waals surface area (Å²) in [6.45, 7) is 2.11. The van der Waals surface area contributed by atoms with E-state index in [4.69, 9.17) is 9.47 Å². The smallest absolute Gasteiger partial charge is 0.226 e. The number of halogens is 1. The van der Waals surface area contributed by atoms with Crippen LogP contribution in [0.2, 0.25) is 0 Å². The Labute approximate surface area is 143 Å². The van der Waals surface area contributed by atoms with E-state index in [-0.39, 0.29) is 30.5 Å². The van der Waals surface area contributed by atoms with E-state index in [0.29, 0.717) is 13.0 Å². The predicted molar refractivity (Wildman–Crippen MR) is 92.4 cm³/mol. The summed E-state index contributed by atoms with van der Waals surface area (Å²) in [5, 5.41) is 6.26. The summed E-state index contributed by atoms with van der Waals surface area (Å²) in [5.74, 6) is 0.765. The number of para-hydroxylation sites is 2. The van der Waals surface area contributed by atoms with Crippen LogP contribution in [0, 0.1) is 0 Å². The lowest BCUT2D eigenvalue weighted by atomic mass is 10.2. The summed E-state index contributed by atoms with van der Waals surface area (Å²) in [5.41, 5.74) is 0.760. The fourth-order valence-electron chi connectivity index (χ4n) is 3.03. The van der Waals surface area contributed by atoms with Gasteiger partial charge in [0.25, 0.3) is 0 Å². The van der Waals surface area contributed by atoms with Crippen molar-refractivity contribution in [2.45, 2.75) is 44.2 Å². The van der Waals surface area contributed by atoms with E-state index in [0.717, 1.165) is 37.4 Å². The molecule has 2 N–H and O–H groups in total. The second-order valence-corrected chi connectivity index (χ2v) is 6.00. The second-order valence-electron chi connectivity index (χ2n) is 6.00. The van der Waals surface area contributed by atoms with Crippen molar-refractivity contribution in [3.05, 3.63) is 24.3 Å². The van der Waals surface area contributed by atoms with Crippen molar-refractivity contribution in [1.29, 1.82) is 0 Å². The highest BCUT2D eigenvalue weighted by Gasteiger charge is 2.20. The Kier molecular flexibility index (Phi) is 7.15. The fraction of sp³-hybridized carbons (Fsp3) is 0.588. The number of hydrogen-bond acceptors (Lipinski definition) is 4. The van der Waals surface area contributed by atoms with Gasteiger partial charge in [-0.3, -0.25) is 4.79 Å². The average Bonchev–Trinajstić information content (AvgIpc) is 3.03. The Morgan fingerprint density at radius 3 is 2.83 bits per heavy atom. The van der Waals surface area contributed by atoms with E-state index in [1.54, 1.807) is 0 Å². The van der Waals surface area contributed by atoms with Crippen molar-refractivity contribution in [1.82, 2.24) is 5.32 Å². The molecule has 1 saturated carbocycles. The lowest BCUT2D eigenvalue weighted by Crippen LogP contribution is -2.43. The monoisotopic (exact) mass is 340 g/mol. The van der Waals surface area contributed by atoms with Gasteiger partial charge >= 0.3 is 0 Å². The Hall–Kier alpha value is -1.30. The normalized spacial score (nSPS) is 21.5. The molecule has 0 aromatic heterocycles. The molecule has 5 nitrogen and oxygen atoms in total. The number of morpholine rings is 1. The molecule has 1 aromatic rings. The van der Waals surface area contributed by atoms with Gasteiger partial charge in [-0.2, -0.15) is 0 Å². The molecule has 0 radical (unpaired) electrons. The van der Waals surface area contributed by atoms with Gasteiger partial charge in [0.1, 0.15) is 5.75 Å². The summed E-state index contributed by atoms with van der Waals surface area (Å²) in [7, 11) is 0. The number of nitrogens with one attached hydrogen (secondary N) is 2. The fourth-order valence-corrected chi connectivity index (χ4v) is 3.03. The van der Waals surface area contributed by atoms with Crippen LogP contribution in [-0.4, -0.2) is 37.8 Å². The van der Waals surface area contributed by atoms with E-state index >= 15 is 0 Å². The molecule has 128 valence electrons. The number of carbonyl (C=O) groups is 1. The molecule has 1 aliphatic heterocycles. The molecule has 2 fully saturated rings. The first-order chi connectivity index (χ1) is 10.8. The molecule has 0 spiro atoms. The Balaban J connectivity index is 0.00000192. The highest BCUT2D eigenvalue weighted by molar-refractivity contribution is 5.92. The number of amides is 1. The topological polar surface area (TPSA) is 59.6 Å². The molecule has 2 aliphatic rings. The molecule has 1 heterocycles. The maximum atomic E-state index is 12.2. The third-order valence-corrected chi connectivity index (χ3v) is 4.19. The maximum absolute atomic E-state index is 12.2. The van der Waals surface area contributed by atoms with E-state index < -0.39 is 0 Å². The minimum absolute atomic E-state index is 0. The zero-order valence-electron chi connectivity index (χ0n) is 13.3. The van der Waals surface area contributed by atoms with Crippen LogP contribution in [0.3, 0.4) is 0 Å². The van der Waals surface area contributed by atoms with Crippen molar-refractivity contribution in [3.63, 3.8) is 0 Å². The highest BCUT2D eigenvalue weighted by Crippen LogP contribution is 2.29. The Bertz CT molecular complexity index is 500. The number of anilines is 1. The first-order valence-electron chi connectivity index (χ1n) is 8.18. The standard InChI is InChI=1S/C17H24N2O3.ClH/c20-17(11-13-12-21-10-9-18-13)19-15-7-3-4-8-16(15)22-14-5-1-2-6-14;/h3-4,7-8,13-14,18H,1-2,5-6,9-12H2,(H,19,20);1H. The van der Waals surface area contributed by atoms with Crippen molar-refractivity contribution >= 4 is 24.0 Å². The van der Waals surface area contributed by atoms with Gasteiger partial charge < -0.3 is 20.1 Å². The van der Waals surface area contributed by atoms with E-state index in [1.165, 1.54) is 12.8 Å². The molecule has 23 heavy (non-hydrogen) atoms. The van der Waals surface area contributed by atoms with Crippen LogP contribution in [0.15, 0.2) is 24.3 Å². The average molecular weight is 341 g/mol. The number of carbonyl (C=O) groups excluding carboxylic acids is 1. The Morgan fingerprint density at radius 2 is 2.09 bits per heavy atom. The van der Waals surface area contributed by atoms with Crippen LogP contribution in [0.4, 0.5) is 5.69 Å². The molecule has 1 atom stereocenters. The van der Waals surface area contributed by atoms with E-state index in [1.807, 2.05) is 24.3 Å². The van der Waals surface area contributed by atoms with E-state index in [2.05, 4.69) is 10.6 Å². The van der Waals surface area contributed by atoms with Crippen LogP contribution >= 0.6 is 12.4 Å². The molecule has 0 bridgehead atoms. The zero-order chi connectivity index (χ0) is 15.2. The molecule has 6 heteroatoms. The lowest BCUT2D eigenvalue weighted by molar-refractivity contribution is -0.117. The van der Waals surface area contributed by atoms with Crippen molar-refractivity contribution in [3.8, 4) is 5.75 Å². The molecule has 1 aliphatic carbocycles. The molecule has 1 saturated heterocycles. The summed E-state index contributed by atoms with van der Waals surface area (Å²) in [6.07, 6.45) is 5.36. The quantitative estimate of drug-likeness (QED) is 0.865. The lowest BCUT2D eigenvalue weighted by Gasteiger charge is -2.23. The van der Waals surface area contributed by atoms with Crippen LogP contribution in [0.25, 0.3) is 0 Å². The minimum atomic E-state index is -0.00882. The summed E-state index contributed by atoms with van der Waals surface area (Å²) in [6, 6.07) is 7.77. The first-order valence-corrected chi connectivity index (χ1v) is 8.18. The largest absolute Gasteiger partial charge is 0.488 e. The van der Waals surface area contributed by atoms with Crippen molar-refractivity contribution in [2.24, 2.45) is 0 Å². The van der Waals surface area contributed by atoms with Gasteiger partial charge in [0, 0.05) is 19.0 Å². The van der Waals surface area contributed by atoms with Gasteiger partial charge in [0.2, 0.25) is 5.91 Å². The highest BCUT2D eigenvalue weighted by atomic mass is 35.5. The van der Waals surface area contributed by atoms with Crippen molar-refractivity contribution in [2.75, 3.05) is 25.1 Å².